The summed E-state index contributed by atoms with van der Waals surface area (Å²) in [6, 6.07) is 7.90. The lowest BCUT2D eigenvalue weighted by molar-refractivity contribution is 0.0443. The van der Waals surface area contributed by atoms with E-state index >= 15 is 0 Å². The van der Waals surface area contributed by atoms with E-state index in [9.17, 15) is 0 Å². The number of rotatable bonds is 3. The Labute approximate surface area is 108 Å². The summed E-state index contributed by atoms with van der Waals surface area (Å²) in [4.78, 5) is 6.96. The van der Waals surface area contributed by atoms with Crippen molar-refractivity contribution < 1.29 is 9.57 Å². The third kappa shape index (κ3) is 3.83. The van der Waals surface area contributed by atoms with Gasteiger partial charge in [0.2, 0.25) is 0 Å². The van der Waals surface area contributed by atoms with Crippen molar-refractivity contribution in [1.82, 2.24) is 4.90 Å². The van der Waals surface area contributed by atoms with Gasteiger partial charge in [0, 0.05) is 18.7 Å². The van der Waals surface area contributed by atoms with Crippen molar-refractivity contribution in [3.8, 4) is 11.8 Å². The molecule has 0 radical (unpaired) electrons. The number of hydrogen-bond acceptors (Lipinski definition) is 4. The Hall–Kier alpha value is -1.38. The van der Waals surface area contributed by atoms with Gasteiger partial charge in [-0.15, -0.1) is 0 Å². The first-order valence-corrected chi connectivity index (χ1v) is 6.08. The summed E-state index contributed by atoms with van der Waals surface area (Å²) in [6.07, 6.45) is 0. The SMILES string of the molecule is NOCc1ccccc1C#CCN1CCOCC1. The monoisotopic (exact) mass is 246 g/mol. The van der Waals surface area contributed by atoms with Crippen LogP contribution in [0.5, 0.6) is 0 Å². The van der Waals surface area contributed by atoms with Crippen molar-refractivity contribution in [1.29, 1.82) is 0 Å². The summed E-state index contributed by atoms with van der Waals surface area (Å²) < 4.78 is 5.30. The summed E-state index contributed by atoms with van der Waals surface area (Å²) in [5, 5.41) is 0. The molecule has 18 heavy (non-hydrogen) atoms. The fourth-order valence-electron chi connectivity index (χ4n) is 1.86. The van der Waals surface area contributed by atoms with Crippen LogP contribution < -0.4 is 5.90 Å². The lowest BCUT2D eigenvalue weighted by Gasteiger charge is -2.24. The summed E-state index contributed by atoms with van der Waals surface area (Å²) in [5.74, 6) is 11.5. The quantitative estimate of drug-likeness (QED) is 0.632. The van der Waals surface area contributed by atoms with Gasteiger partial charge in [-0.2, -0.15) is 0 Å². The summed E-state index contributed by atoms with van der Waals surface area (Å²) >= 11 is 0. The summed E-state index contributed by atoms with van der Waals surface area (Å²) in [5.41, 5.74) is 2.01. The second-order valence-corrected chi connectivity index (χ2v) is 4.16. The van der Waals surface area contributed by atoms with E-state index in [0.717, 1.165) is 44.0 Å². The van der Waals surface area contributed by atoms with Gasteiger partial charge in [-0.25, -0.2) is 5.90 Å². The maximum absolute atomic E-state index is 5.30. The number of ether oxygens (including phenoxy) is 1. The molecule has 1 aliphatic heterocycles. The smallest absolute Gasteiger partial charge is 0.0942 e. The number of morpholine rings is 1. The molecule has 1 saturated heterocycles. The standard InChI is InChI=1S/C14H18N2O2/c15-18-12-14-5-2-1-4-13(14)6-3-7-16-8-10-17-11-9-16/h1-2,4-5H,7-12,15H2. The topological polar surface area (TPSA) is 47.7 Å². The number of hydrogen-bond donors (Lipinski definition) is 1. The normalized spacial score (nSPS) is 16.1. The van der Waals surface area contributed by atoms with E-state index in [1.807, 2.05) is 24.3 Å². The average molecular weight is 246 g/mol. The fraction of sp³-hybridized carbons (Fsp3) is 0.429. The van der Waals surface area contributed by atoms with E-state index in [1.54, 1.807) is 0 Å². The van der Waals surface area contributed by atoms with Crippen LogP contribution in [0.15, 0.2) is 24.3 Å². The highest BCUT2D eigenvalue weighted by atomic mass is 16.6. The molecule has 1 aromatic rings. The van der Waals surface area contributed by atoms with Crippen molar-refractivity contribution in [3.63, 3.8) is 0 Å². The first kappa shape index (κ1) is 13.1. The van der Waals surface area contributed by atoms with Gasteiger partial charge < -0.3 is 4.74 Å². The first-order valence-electron chi connectivity index (χ1n) is 6.08. The Balaban J connectivity index is 1.96. The molecule has 0 aliphatic carbocycles. The minimum atomic E-state index is 0.391. The molecular weight excluding hydrogens is 228 g/mol. The van der Waals surface area contributed by atoms with Crippen LogP contribution in [0.25, 0.3) is 0 Å². The fourth-order valence-corrected chi connectivity index (χ4v) is 1.86. The van der Waals surface area contributed by atoms with Crippen molar-refractivity contribution in [2.24, 2.45) is 5.90 Å². The highest BCUT2D eigenvalue weighted by Crippen LogP contribution is 2.07. The minimum Gasteiger partial charge on any atom is -0.379 e. The molecule has 0 spiro atoms. The Morgan fingerprint density at radius 2 is 2.06 bits per heavy atom. The second kappa shape index (κ2) is 7.14. The van der Waals surface area contributed by atoms with E-state index in [1.165, 1.54) is 0 Å². The highest BCUT2D eigenvalue weighted by molar-refractivity contribution is 5.41. The van der Waals surface area contributed by atoms with Crippen LogP contribution in [0.1, 0.15) is 11.1 Å². The first-order chi connectivity index (χ1) is 8.90. The molecule has 1 heterocycles. The summed E-state index contributed by atoms with van der Waals surface area (Å²) in [6.45, 7) is 4.70. The third-order valence-electron chi connectivity index (χ3n) is 2.89. The molecule has 0 bridgehead atoms. The Bertz CT molecular complexity index is 431. The van der Waals surface area contributed by atoms with Gasteiger partial charge in [0.1, 0.15) is 0 Å². The predicted molar refractivity (Wildman–Crippen MR) is 69.6 cm³/mol. The van der Waals surface area contributed by atoms with Gasteiger partial charge in [0.05, 0.1) is 26.4 Å². The van der Waals surface area contributed by atoms with Crippen LogP contribution in [-0.4, -0.2) is 37.7 Å². The number of nitrogens with zero attached hydrogens (tertiary/aromatic N) is 1. The summed E-state index contributed by atoms with van der Waals surface area (Å²) in [7, 11) is 0. The molecule has 0 saturated carbocycles. The van der Waals surface area contributed by atoms with Gasteiger partial charge in [-0.05, 0) is 11.6 Å². The number of nitrogens with two attached hydrogens (primary N) is 1. The zero-order valence-corrected chi connectivity index (χ0v) is 10.4. The van der Waals surface area contributed by atoms with Gasteiger partial charge in [-0.1, -0.05) is 30.0 Å². The molecule has 1 fully saturated rings. The van der Waals surface area contributed by atoms with Gasteiger partial charge >= 0.3 is 0 Å². The molecule has 4 nitrogen and oxygen atoms in total. The molecule has 2 N–H and O–H groups in total. The molecular formula is C14H18N2O2. The van der Waals surface area contributed by atoms with Crippen LogP contribution in [0, 0.1) is 11.8 Å². The van der Waals surface area contributed by atoms with E-state index in [4.69, 9.17) is 10.6 Å². The van der Waals surface area contributed by atoms with Crippen LogP contribution in [0.2, 0.25) is 0 Å². The van der Waals surface area contributed by atoms with E-state index in [-0.39, 0.29) is 0 Å². The zero-order valence-electron chi connectivity index (χ0n) is 10.4. The molecule has 2 rings (SSSR count). The molecule has 0 amide bonds. The van der Waals surface area contributed by atoms with Crippen molar-refractivity contribution in [3.05, 3.63) is 35.4 Å². The molecule has 4 heteroatoms. The minimum absolute atomic E-state index is 0.391. The number of benzene rings is 1. The average Bonchev–Trinajstić information content (AvgIpc) is 2.42. The van der Waals surface area contributed by atoms with Crippen LogP contribution in [-0.2, 0) is 16.2 Å². The van der Waals surface area contributed by atoms with Crippen molar-refractivity contribution in [2.45, 2.75) is 6.61 Å². The maximum Gasteiger partial charge on any atom is 0.0942 e. The molecule has 0 atom stereocenters. The van der Waals surface area contributed by atoms with E-state index in [2.05, 4.69) is 21.6 Å². The predicted octanol–water partition coefficient (Wildman–Crippen LogP) is 0.761. The molecule has 0 aromatic heterocycles. The van der Waals surface area contributed by atoms with Gasteiger partial charge in [0.15, 0.2) is 0 Å². The maximum atomic E-state index is 5.30. The van der Waals surface area contributed by atoms with Crippen LogP contribution >= 0.6 is 0 Å². The van der Waals surface area contributed by atoms with Crippen LogP contribution in [0.4, 0.5) is 0 Å². The van der Waals surface area contributed by atoms with E-state index < -0.39 is 0 Å². The molecule has 0 unspecified atom stereocenters. The molecule has 96 valence electrons. The highest BCUT2D eigenvalue weighted by Gasteiger charge is 2.07. The Morgan fingerprint density at radius 1 is 1.28 bits per heavy atom. The van der Waals surface area contributed by atoms with Crippen molar-refractivity contribution in [2.75, 3.05) is 32.8 Å². The Kier molecular flexibility index (Phi) is 5.18. The third-order valence-corrected chi connectivity index (χ3v) is 2.89. The second-order valence-electron chi connectivity index (χ2n) is 4.16. The van der Waals surface area contributed by atoms with Crippen LogP contribution in [0.3, 0.4) is 0 Å². The zero-order chi connectivity index (χ0) is 12.6. The van der Waals surface area contributed by atoms with Gasteiger partial charge in [-0.3, -0.25) is 9.74 Å². The van der Waals surface area contributed by atoms with Crippen molar-refractivity contribution >= 4 is 0 Å². The lowest BCUT2D eigenvalue weighted by Crippen LogP contribution is -2.36. The van der Waals surface area contributed by atoms with Gasteiger partial charge in [0.25, 0.3) is 0 Å². The lowest BCUT2D eigenvalue weighted by atomic mass is 10.1. The molecule has 1 aromatic carbocycles. The Morgan fingerprint density at radius 3 is 2.83 bits per heavy atom. The largest absolute Gasteiger partial charge is 0.379 e. The molecule has 1 aliphatic rings. The van der Waals surface area contributed by atoms with E-state index in [0.29, 0.717) is 6.61 Å².